The SMILES string of the molecule is CCC(NC(=O)c1cc(Cl)c(C)c(Cl)c1)c1ccnn1C. The van der Waals surface area contributed by atoms with Crippen molar-refractivity contribution in [3.8, 4) is 0 Å². The molecular formula is C15H17Cl2N3O. The zero-order chi connectivity index (χ0) is 15.6. The number of benzene rings is 1. The third-order valence-corrected chi connectivity index (χ3v) is 4.26. The predicted molar refractivity (Wildman–Crippen MR) is 84.9 cm³/mol. The topological polar surface area (TPSA) is 46.9 Å². The molecule has 1 unspecified atom stereocenters. The highest BCUT2D eigenvalue weighted by Crippen LogP contribution is 2.26. The summed E-state index contributed by atoms with van der Waals surface area (Å²) >= 11 is 12.2. The number of hydrogen-bond donors (Lipinski definition) is 1. The summed E-state index contributed by atoms with van der Waals surface area (Å²) in [5.41, 5.74) is 2.18. The number of carbonyl (C=O) groups excluding carboxylic acids is 1. The van der Waals surface area contributed by atoms with Crippen molar-refractivity contribution >= 4 is 29.1 Å². The lowest BCUT2D eigenvalue weighted by Gasteiger charge is -2.17. The van der Waals surface area contributed by atoms with Gasteiger partial charge in [-0.15, -0.1) is 0 Å². The van der Waals surface area contributed by atoms with Crippen molar-refractivity contribution in [3.63, 3.8) is 0 Å². The third-order valence-electron chi connectivity index (χ3n) is 3.47. The van der Waals surface area contributed by atoms with E-state index >= 15 is 0 Å². The molecule has 21 heavy (non-hydrogen) atoms. The molecule has 0 spiro atoms. The van der Waals surface area contributed by atoms with E-state index < -0.39 is 0 Å². The third kappa shape index (κ3) is 3.39. The van der Waals surface area contributed by atoms with E-state index in [1.165, 1.54) is 0 Å². The quantitative estimate of drug-likeness (QED) is 0.926. The van der Waals surface area contributed by atoms with Crippen LogP contribution in [0.3, 0.4) is 0 Å². The minimum absolute atomic E-state index is 0.108. The van der Waals surface area contributed by atoms with E-state index in [0.29, 0.717) is 15.6 Å². The molecule has 1 aromatic carbocycles. The monoisotopic (exact) mass is 325 g/mol. The summed E-state index contributed by atoms with van der Waals surface area (Å²) in [5, 5.41) is 8.09. The van der Waals surface area contributed by atoms with Gasteiger partial charge in [0.15, 0.2) is 0 Å². The van der Waals surface area contributed by atoms with Gasteiger partial charge >= 0.3 is 0 Å². The maximum absolute atomic E-state index is 12.4. The van der Waals surface area contributed by atoms with Gasteiger partial charge < -0.3 is 5.32 Å². The first kappa shape index (κ1) is 15.9. The normalized spacial score (nSPS) is 12.2. The van der Waals surface area contributed by atoms with E-state index in [1.807, 2.05) is 27.0 Å². The molecule has 6 heteroatoms. The maximum Gasteiger partial charge on any atom is 0.251 e. The highest BCUT2D eigenvalue weighted by molar-refractivity contribution is 6.36. The highest BCUT2D eigenvalue weighted by Gasteiger charge is 2.18. The molecule has 1 aromatic heterocycles. The molecule has 0 aliphatic rings. The average Bonchev–Trinajstić information content (AvgIpc) is 2.87. The fraction of sp³-hybridized carbons (Fsp3) is 0.333. The Morgan fingerprint density at radius 1 is 1.38 bits per heavy atom. The molecule has 0 fully saturated rings. The van der Waals surface area contributed by atoms with E-state index in [1.54, 1.807) is 23.0 Å². The summed E-state index contributed by atoms with van der Waals surface area (Å²) in [7, 11) is 1.85. The number of aryl methyl sites for hydroxylation is 1. The number of hydrogen-bond acceptors (Lipinski definition) is 2. The van der Waals surface area contributed by atoms with Gasteiger partial charge in [0.25, 0.3) is 5.91 Å². The summed E-state index contributed by atoms with van der Waals surface area (Å²) in [6.45, 7) is 3.82. The van der Waals surface area contributed by atoms with E-state index in [-0.39, 0.29) is 11.9 Å². The first-order valence-corrected chi connectivity index (χ1v) is 7.44. The molecule has 1 amide bonds. The molecule has 112 valence electrons. The maximum atomic E-state index is 12.4. The van der Waals surface area contributed by atoms with Gasteiger partial charge in [0, 0.05) is 28.9 Å². The molecule has 1 heterocycles. The van der Waals surface area contributed by atoms with Gasteiger partial charge in [-0.3, -0.25) is 9.48 Å². The first-order valence-electron chi connectivity index (χ1n) is 6.68. The predicted octanol–water partition coefficient (Wildman–Crippen LogP) is 3.92. The Hall–Kier alpha value is -1.52. The molecule has 1 atom stereocenters. The average molecular weight is 326 g/mol. The fourth-order valence-corrected chi connectivity index (χ4v) is 2.62. The van der Waals surface area contributed by atoms with Crippen LogP contribution < -0.4 is 5.32 Å². The van der Waals surface area contributed by atoms with Crippen LogP contribution in [-0.2, 0) is 7.05 Å². The van der Waals surface area contributed by atoms with Crippen LogP contribution in [0.25, 0.3) is 0 Å². The summed E-state index contributed by atoms with van der Waals surface area (Å²) in [6, 6.07) is 5.05. The molecule has 0 saturated heterocycles. The van der Waals surface area contributed by atoms with Crippen molar-refractivity contribution in [1.29, 1.82) is 0 Å². The number of aromatic nitrogens is 2. The molecule has 0 aliphatic heterocycles. The van der Waals surface area contributed by atoms with Gasteiger partial charge in [-0.05, 0) is 37.1 Å². The molecule has 1 N–H and O–H groups in total. The Balaban J connectivity index is 2.23. The van der Waals surface area contributed by atoms with Crippen LogP contribution in [0.1, 0.15) is 41.0 Å². The van der Waals surface area contributed by atoms with Crippen LogP contribution in [0.4, 0.5) is 0 Å². The van der Waals surface area contributed by atoms with Crippen LogP contribution >= 0.6 is 23.2 Å². The lowest BCUT2D eigenvalue weighted by atomic mass is 10.1. The number of nitrogens with one attached hydrogen (secondary N) is 1. The lowest BCUT2D eigenvalue weighted by molar-refractivity contribution is 0.0934. The Bertz CT molecular complexity index is 644. The van der Waals surface area contributed by atoms with Crippen LogP contribution in [-0.4, -0.2) is 15.7 Å². The summed E-state index contributed by atoms with van der Waals surface area (Å²) < 4.78 is 1.75. The number of halogens is 2. The van der Waals surface area contributed by atoms with Crippen molar-refractivity contribution in [1.82, 2.24) is 15.1 Å². The van der Waals surface area contributed by atoms with Crippen molar-refractivity contribution in [3.05, 3.63) is 51.3 Å². The molecule has 0 saturated carbocycles. The number of carbonyl (C=O) groups is 1. The van der Waals surface area contributed by atoms with Gasteiger partial charge in [-0.1, -0.05) is 30.1 Å². The second-order valence-electron chi connectivity index (χ2n) is 4.88. The van der Waals surface area contributed by atoms with E-state index in [4.69, 9.17) is 23.2 Å². The van der Waals surface area contributed by atoms with Crippen molar-refractivity contribution < 1.29 is 4.79 Å². The number of rotatable bonds is 4. The molecule has 4 nitrogen and oxygen atoms in total. The van der Waals surface area contributed by atoms with Crippen LogP contribution in [0.5, 0.6) is 0 Å². The molecular weight excluding hydrogens is 309 g/mol. The van der Waals surface area contributed by atoms with Crippen LogP contribution in [0.2, 0.25) is 10.0 Å². The van der Waals surface area contributed by atoms with Gasteiger partial charge in [-0.25, -0.2) is 0 Å². The van der Waals surface area contributed by atoms with E-state index in [0.717, 1.165) is 17.7 Å². The van der Waals surface area contributed by atoms with Gasteiger partial charge in [-0.2, -0.15) is 5.10 Å². The Labute approximate surface area is 134 Å². The summed E-state index contributed by atoms with van der Waals surface area (Å²) in [6.07, 6.45) is 2.47. The molecule has 2 rings (SSSR count). The minimum atomic E-state index is -0.202. The zero-order valence-electron chi connectivity index (χ0n) is 12.2. The van der Waals surface area contributed by atoms with Crippen molar-refractivity contribution in [2.45, 2.75) is 26.3 Å². The van der Waals surface area contributed by atoms with Crippen molar-refractivity contribution in [2.75, 3.05) is 0 Å². The van der Waals surface area contributed by atoms with Gasteiger partial charge in [0.2, 0.25) is 0 Å². The lowest BCUT2D eigenvalue weighted by Crippen LogP contribution is -2.29. The Morgan fingerprint density at radius 2 is 2.00 bits per heavy atom. The second kappa shape index (κ2) is 6.50. The highest BCUT2D eigenvalue weighted by atomic mass is 35.5. The van der Waals surface area contributed by atoms with Gasteiger partial charge in [0.05, 0.1) is 11.7 Å². The Kier molecular flexibility index (Phi) is 4.91. The number of amides is 1. The van der Waals surface area contributed by atoms with Crippen LogP contribution in [0.15, 0.2) is 24.4 Å². The summed E-state index contributed by atoms with van der Waals surface area (Å²) in [5.74, 6) is -0.202. The van der Waals surface area contributed by atoms with Gasteiger partial charge in [0.1, 0.15) is 0 Å². The molecule has 0 radical (unpaired) electrons. The largest absolute Gasteiger partial charge is 0.344 e. The first-order chi connectivity index (χ1) is 9.93. The summed E-state index contributed by atoms with van der Waals surface area (Å²) in [4.78, 5) is 12.4. The standard InChI is InChI=1S/C15H17Cl2N3O/c1-4-13(14-5-6-18-20(14)3)19-15(21)10-7-11(16)9(2)12(17)8-10/h5-8,13H,4H2,1-3H3,(H,19,21). The van der Waals surface area contributed by atoms with E-state index in [2.05, 4.69) is 10.4 Å². The zero-order valence-corrected chi connectivity index (χ0v) is 13.7. The molecule has 2 aromatic rings. The van der Waals surface area contributed by atoms with Crippen LogP contribution in [0, 0.1) is 6.92 Å². The Morgan fingerprint density at radius 3 is 2.48 bits per heavy atom. The van der Waals surface area contributed by atoms with Crippen molar-refractivity contribution in [2.24, 2.45) is 7.05 Å². The number of nitrogens with zero attached hydrogens (tertiary/aromatic N) is 2. The molecule has 0 bridgehead atoms. The minimum Gasteiger partial charge on any atom is -0.344 e. The fourth-order valence-electron chi connectivity index (χ4n) is 2.13. The smallest absolute Gasteiger partial charge is 0.251 e. The molecule has 0 aliphatic carbocycles. The second-order valence-corrected chi connectivity index (χ2v) is 5.69. The van der Waals surface area contributed by atoms with E-state index in [9.17, 15) is 4.79 Å².